The van der Waals surface area contributed by atoms with E-state index in [0.29, 0.717) is 28.8 Å². The number of carbonyl (C=O) groups is 1. The normalized spacial score (nSPS) is 11.5. The van der Waals surface area contributed by atoms with Crippen LogP contribution in [0.1, 0.15) is 49.2 Å². The van der Waals surface area contributed by atoms with Crippen LogP contribution in [-0.4, -0.2) is 28.5 Å². The van der Waals surface area contributed by atoms with Gasteiger partial charge in [0.15, 0.2) is 5.69 Å². The predicted octanol–water partition coefficient (Wildman–Crippen LogP) is 3.75. The summed E-state index contributed by atoms with van der Waals surface area (Å²) in [6.45, 7) is 4.36. The minimum atomic E-state index is -0.468. The van der Waals surface area contributed by atoms with Gasteiger partial charge in [-0.2, -0.15) is 10.2 Å². The van der Waals surface area contributed by atoms with Gasteiger partial charge in [-0.15, -0.1) is 0 Å². The van der Waals surface area contributed by atoms with E-state index in [0.717, 1.165) is 24.8 Å². The van der Waals surface area contributed by atoms with E-state index < -0.39 is 5.91 Å². The van der Waals surface area contributed by atoms with Crippen molar-refractivity contribution >= 4 is 22.4 Å². The minimum Gasteiger partial charge on any atom is -0.496 e. The lowest BCUT2D eigenvalue weighted by Crippen LogP contribution is -2.29. The number of ether oxygens (including phenoxy) is 1. The first-order chi connectivity index (χ1) is 14.6. The number of hydrogen-bond donors (Lipinski definition) is 1. The number of rotatable bonds is 8. The number of hydrazone groups is 1. The highest BCUT2D eigenvalue weighted by molar-refractivity contribution is 6.06. The molecule has 7 nitrogen and oxygen atoms in total. The average Bonchev–Trinajstić information content (AvgIpc) is 2.78. The van der Waals surface area contributed by atoms with Crippen LogP contribution in [0, 0.1) is 0 Å². The van der Waals surface area contributed by atoms with E-state index in [9.17, 15) is 9.59 Å². The Morgan fingerprint density at radius 1 is 1.10 bits per heavy atom. The molecule has 0 radical (unpaired) electrons. The summed E-state index contributed by atoms with van der Waals surface area (Å²) in [4.78, 5) is 25.7. The highest BCUT2D eigenvalue weighted by atomic mass is 16.5. The molecule has 0 aliphatic carbocycles. The van der Waals surface area contributed by atoms with Crippen LogP contribution >= 0.6 is 0 Å². The number of benzene rings is 2. The van der Waals surface area contributed by atoms with Crippen molar-refractivity contribution in [3.8, 4) is 5.75 Å². The zero-order valence-electron chi connectivity index (χ0n) is 17.5. The summed E-state index contributed by atoms with van der Waals surface area (Å²) in [5, 5.41) is 9.56. The molecule has 2 aromatic carbocycles. The van der Waals surface area contributed by atoms with Crippen LogP contribution in [0.2, 0.25) is 0 Å². The van der Waals surface area contributed by atoms with Crippen molar-refractivity contribution < 1.29 is 9.53 Å². The van der Waals surface area contributed by atoms with Crippen molar-refractivity contribution in [1.82, 2.24) is 15.2 Å². The Labute approximate surface area is 175 Å². The smallest absolute Gasteiger partial charge is 0.292 e. The van der Waals surface area contributed by atoms with Crippen LogP contribution in [0.4, 0.5) is 0 Å². The summed E-state index contributed by atoms with van der Waals surface area (Å²) in [6.07, 6.45) is 2.85. The molecule has 0 aliphatic heterocycles. The fraction of sp³-hybridized carbons (Fsp3) is 0.304. The van der Waals surface area contributed by atoms with Gasteiger partial charge in [0.1, 0.15) is 5.75 Å². The van der Waals surface area contributed by atoms with E-state index >= 15 is 0 Å². The summed E-state index contributed by atoms with van der Waals surface area (Å²) < 4.78 is 6.73. The molecule has 156 valence electrons. The molecular weight excluding hydrogens is 380 g/mol. The quantitative estimate of drug-likeness (QED) is 0.351. The molecule has 0 spiro atoms. The summed E-state index contributed by atoms with van der Waals surface area (Å²) in [5.74, 6) is 0.200. The topological polar surface area (TPSA) is 85.6 Å². The Morgan fingerprint density at radius 2 is 1.80 bits per heavy atom. The van der Waals surface area contributed by atoms with Crippen LogP contribution in [0.3, 0.4) is 0 Å². The van der Waals surface area contributed by atoms with Crippen molar-refractivity contribution in [2.75, 3.05) is 7.11 Å². The Bertz CT molecular complexity index is 1130. The molecule has 0 saturated heterocycles. The lowest BCUT2D eigenvalue weighted by atomic mass is 10.1. The zero-order chi connectivity index (χ0) is 21.5. The number of fused-ring (bicyclic) bond motifs is 1. The predicted molar refractivity (Wildman–Crippen MR) is 118 cm³/mol. The minimum absolute atomic E-state index is 0.179. The van der Waals surface area contributed by atoms with Crippen molar-refractivity contribution in [3.63, 3.8) is 0 Å². The van der Waals surface area contributed by atoms with Crippen LogP contribution < -0.4 is 15.7 Å². The number of hydrogen-bond acceptors (Lipinski definition) is 5. The molecule has 1 heterocycles. The number of aryl methyl sites for hydroxylation is 1. The van der Waals surface area contributed by atoms with Crippen LogP contribution in [0.25, 0.3) is 10.8 Å². The second-order valence-electron chi connectivity index (χ2n) is 6.97. The summed E-state index contributed by atoms with van der Waals surface area (Å²) in [7, 11) is 1.59. The molecule has 7 heteroatoms. The van der Waals surface area contributed by atoms with E-state index in [1.807, 2.05) is 24.3 Å². The Hall–Kier alpha value is -3.48. The summed E-state index contributed by atoms with van der Waals surface area (Å²) >= 11 is 0. The zero-order valence-corrected chi connectivity index (χ0v) is 17.5. The third-order valence-electron chi connectivity index (χ3n) is 4.88. The maximum atomic E-state index is 12.9. The molecule has 1 N–H and O–H groups in total. The number of amides is 1. The van der Waals surface area contributed by atoms with Crippen molar-refractivity contribution in [3.05, 3.63) is 70.1 Å². The van der Waals surface area contributed by atoms with Gasteiger partial charge >= 0.3 is 0 Å². The van der Waals surface area contributed by atoms with Crippen molar-refractivity contribution in [2.45, 2.75) is 39.7 Å². The van der Waals surface area contributed by atoms with Gasteiger partial charge in [0.2, 0.25) is 0 Å². The first kappa shape index (κ1) is 21.2. The number of aromatic nitrogens is 2. The third kappa shape index (κ3) is 4.56. The first-order valence-electron chi connectivity index (χ1n) is 10.0. The van der Waals surface area contributed by atoms with Gasteiger partial charge in [-0.25, -0.2) is 10.1 Å². The Morgan fingerprint density at radius 3 is 2.53 bits per heavy atom. The monoisotopic (exact) mass is 406 g/mol. The SMILES string of the molecule is CCCCCn1nc(C(=O)N/N=C(/C)c2ccccc2OC)c2ccccc2c1=O. The summed E-state index contributed by atoms with van der Waals surface area (Å²) in [6, 6.07) is 14.5. The van der Waals surface area contributed by atoms with Gasteiger partial charge in [-0.05, 0) is 31.5 Å². The van der Waals surface area contributed by atoms with E-state index in [4.69, 9.17) is 4.74 Å². The highest BCUT2D eigenvalue weighted by Gasteiger charge is 2.16. The number of nitrogens with one attached hydrogen (secondary N) is 1. The lowest BCUT2D eigenvalue weighted by Gasteiger charge is -2.11. The van der Waals surface area contributed by atoms with Gasteiger partial charge in [-0.3, -0.25) is 9.59 Å². The first-order valence-corrected chi connectivity index (χ1v) is 10.0. The number of para-hydroxylation sites is 1. The van der Waals surface area contributed by atoms with E-state index in [1.54, 1.807) is 38.3 Å². The van der Waals surface area contributed by atoms with Crippen molar-refractivity contribution in [1.29, 1.82) is 0 Å². The molecule has 0 fully saturated rings. The summed E-state index contributed by atoms with van der Waals surface area (Å²) in [5.41, 5.74) is 3.94. The Kier molecular flexibility index (Phi) is 6.95. The number of carbonyl (C=O) groups excluding carboxylic acids is 1. The molecule has 0 saturated carbocycles. The van der Waals surface area contributed by atoms with E-state index in [-0.39, 0.29) is 11.3 Å². The molecule has 30 heavy (non-hydrogen) atoms. The van der Waals surface area contributed by atoms with Gasteiger partial charge in [-0.1, -0.05) is 50.1 Å². The molecule has 0 aliphatic rings. The van der Waals surface area contributed by atoms with E-state index in [2.05, 4.69) is 22.5 Å². The van der Waals surface area contributed by atoms with Gasteiger partial charge in [0.25, 0.3) is 11.5 Å². The molecule has 0 bridgehead atoms. The van der Waals surface area contributed by atoms with Gasteiger partial charge in [0.05, 0.1) is 18.2 Å². The van der Waals surface area contributed by atoms with Gasteiger partial charge < -0.3 is 4.74 Å². The fourth-order valence-electron chi connectivity index (χ4n) is 3.26. The second-order valence-corrected chi connectivity index (χ2v) is 6.97. The maximum Gasteiger partial charge on any atom is 0.292 e. The van der Waals surface area contributed by atoms with Crippen LogP contribution in [0.5, 0.6) is 5.75 Å². The molecule has 3 rings (SSSR count). The number of nitrogens with zero attached hydrogens (tertiary/aromatic N) is 3. The molecule has 1 aromatic heterocycles. The highest BCUT2D eigenvalue weighted by Crippen LogP contribution is 2.18. The molecule has 0 unspecified atom stereocenters. The number of methoxy groups -OCH3 is 1. The van der Waals surface area contributed by atoms with Crippen LogP contribution in [-0.2, 0) is 6.54 Å². The largest absolute Gasteiger partial charge is 0.496 e. The van der Waals surface area contributed by atoms with Gasteiger partial charge in [0, 0.05) is 17.5 Å². The second kappa shape index (κ2) is 9.82. The Balaban J connectivity index is 1.94. The fourth-order valence-corrected chi connectivity index (χ4v) is 3.26. The molecule has 1 amide bonds. The number of unbranched alkanes of at least 4 members (excludes halogenated alkanes) is 2. The maximum absolute atomic E-state index is 12.9. The molecule has 0 atom stereocenters. The van der Waals surface area contributed by atoms with Crippen molar-refractivity contribution in [2.24, 2.45) is 5.10 Å². The lowest BCUT2D eigenvalue weighted by molar-refractivity contribution is 0.0949. The molecule has 3 aromatic rings. The van der Waals surface area contributed by atoms with E-state index in [1.165, 1.54) is 4.68 Å². The van der Waals surface area contributed by atoms with Crippen LogP contribution in [0.15, 0.2) is 58.4 Å². The average molecular weight is 406 g/mol. The standard InChI is InChI=1S/C23H26N4O3/c1-4-5-10-15-27-23(29)19-13-7-6-12-18(19)21(26-27)22(28)25-24-16(2)17-11-8-9-14-20(17)30-3/h6-9,11-14H,4-5,10,15H2,1-3H3,(H,25,28)/b24-16-. The third-order valence-corrected chi connectivity index (χ3v) is 4.88. The molecular formula is C23H26N4O3.